The van der Waals surface area contributed by atoms with Crippen LogP contribution in [0.15, 0.2) is 36.5 Å². The third-order valence-corrected chi connectivity index (χ3v) is 3.43. The molecule has 0 saturated heterocycles. The molecule has 0 aliphatic rings. The van der Waals surface area contributed by atoms with Gasteiger partial charge >= 0.3 is 10.3 Å². The van der Waals surface area contributed by atoms with Crippen molar-refractivity contribution in [3.8, 4) is 0 Å². The lowest BCUT2D eigenvalue weighted by atomic mass is 10.3. The van der Waals surface area contributed by atoms with Crippen LogP contribution in [0.4, 0.5) is 0 Å². The van der Waals surface area contributed by atoms with Gasteiger partial charge in [-0.1, -0.05) is 18.2 Å². The number of para-hydroxylation sites is 1. The van der Waals surface area contributed by atoms with E-state index in [1.165, 1.54) is 18.8 Å². The van der Waals surface area contributed by atoms with Gasteiger partial charge in [0.05, 0.1) is 5.52 Å². The van der Waals surface area contributed by atoms with Crippen molar-refractivity contribution in [1.82, 2.24) is 9.04 Å². The molecule has 0 saturated carbocycles. The lowest BCUT2D eigenvalue weighted by Crippen LogP contribution is -2.31. The van der Waals surface area contributed by atoms with Gasteiger partial charge in [-0.05, 0) is 12.1 Å². The van der Waals surface area contributed by atoms with Gasteiger partial charge in [0.15, 0.2) is 0 Å². The first-order chi connectivity index (χ1) is 7.50. The lowest BCUT2D eigenvalue weighted by molar-refractivity contribution is 0.268. The van der Waals surface area contributed by atoms with Crippen molar-refractivity contribution in [3.05, 3.63) is 36.5 Å². The Balaban J connectivity index is 2.43. The highest BCUT2D eigenvalue weighted by Gasteiger charge is 2.16. The maximum Gasteiger partial charge on any atom is 0.402 e. The Morgan fingerprint density at radius 2 is 1.88 bits per heavy atom. The van der Waals surface area contributed by atoms with Gasteiger partial charge in [-0.15, -0.1) is 0 Å². The van der Waals surface area contributed by atoms with E-state index in [-0.39, 0.29) is 0 Å². The van der Waals surface area contributed by atoms with E-state index in [2.05, 4.69) is 0 Å². The van der Waals surface area contributed by atoms with E-state index in [9.17, 15) is 8.42 Å². The van der Waals surface area contributed by atoms with Crippen molar-refractivity contribution in [2.24, 2.45) is 0 Å². The summed E-state index contributed by atoms with van der Waals surface area (Å²) in [6, 6.07) is 9.18. The number of benzene rings is 1. The summed E-state index contributed by atoms with van der Waals surface area (Å²) in [7, 11) is -0.881. The summed E-state index contributed by atoms with van der Waals surface area (Å²) in [4.78, 5) is 0. The van der Waals surface area contributed by atoms with Crippen molar-refractivity contribution in [2.45, 2.75) is 0 Å². The van der Waals surface area contributed by atoms with E-state index in [1.807, 2.05) is 18.2 Å². The molecule has 1 heterocycles. The average molecular weight is 240 g/mol. The zero-order valence-electron chi connectivity index (χ0n) is 8.99. The number of hydrogen-bond donors (Lipinski definition) is 0. The number of nitrogens with zero attached hydrogens (tertiary/aromatic N) is 2. The first kappa shape index (κ1) is 11.0. The first-order valence-corrected chi connectivity index (χ1v) is 6.06. The van der Waals surface area contributed by atoms with Crippen molar-refractivity contribution < 1.29 is 12.7 Å². The van der Waals surface area contributed by atoms with Gasteiger partial charge < -0.3 is 0 Å². The standard InChI is InChI=1S/C10H12N2O3S/c1-11(2)16(13,14)15-12-8-7-9-5-3-4-6-10(9)12/h3-8H,1-2H3. The van der Waals surface area contributed by atoms with Crippen LogP contribution in [0, 0.1) is 0 Å². The third kappa shape index (κ3) is 1.89. The van der Waals surface area contributed by atoms with Crippen LogP contribution < -0.4 is 4.28 Å². The van der Waals surface area contributed by atoms with Crippen molar-refractivity contribution in [2.75, 3.05) is 14.1 Å². The normalized spacial score (nSPS) is 12.2. The number of aromatic nitrogens is 1. The molecule has 0 aliphatic carbocycles. The zero-order chi connectivity index (χ0) is 11.8. The van der Waals surface area contributed by atoms with Crippen molar-refractivity contribution in [1.29, 1.82) is 0 Å². The minimum absolute atomic E-state index is 0.716. The molecule has 0 bridgehead atoms. The fourth-order valence-electron chi connectivity index (χ4n) is 1.29. The Kier molecular flexibility index (Phi) is 2.61. The van der Waals surface area contributed by atoms with Crippen LogP contribution in [0.3, 0.4) is 0 Å². The first-order valence-electron chi connectivity index (χ1n) is 4.69. The highest BCUT2D eigenvalue weighted by atomic mass is 32.2. The monoisotopic (exact) mass is 240 g/mol. The highest BCUT2D eigenvalue weighted by Crippen LogP contribution is 2.14. The second-order valence-electron chi connectivity index (χ2n) is 3.51. The van der Waals surface area contributed by atoms with Crippen molar-refractivity contribution in [3.63, 3.8) is 0 Å². The zero-order valence-corrected chi connectivity index (χ0v) is 9.81. The third-order valence-electron chi connectivity index (χ3n) is 2.19. The van der Waals surface area contributed by atoms with Gasteiger partial charge in [-0.2, -0.15) is 17.5 Å². The summed E-state index contributed by atoms with van der Waals surface area (Å²) < 4.78 is 30.2. The molecule has 0 amide bonds. The Morgan fingerprint density at radius 3 is 2.56 bits per heavy atom. The average Bonchev–Trinajstić information content (AvgIpc) is 2.61. The molecule has 0 atom stereocenters. The summed E-state index contributed by atoms with van der Waals surface area (Å²) in [5.41, 5.74) is 0.716. The van der Waals surface area contributed by atoms with Gasteiger partial charge in [0, 0.05) is 25.7 Å². The molecule has 0 radical (unpaired) electrons. The van der Waals surface area contributed by atoms with Gasteiger partial charge in [-0.25, -0.2) is 0 Å². The summed E-state index contributed by atoms with van der Waals surface area (Å²) in [6.07, 6.45) is 1.58. The molecule has 2 rings (SSSR count). The molecule has 0 N–H and O–H groups in total. The van der Waals surface area contributed by atoms with Gasteiger partial charge in [0.1, 0.15) is 0 Å². The number of rotatable bonds is 3. The Morgan fingerprint density at radius 1 is 1.19 bits per heavy atom. The molecule has 86 valence electrons. The van der Waals surface area contributed by atoms with Crippen LogP contribution in [0.25, 0.3) is 10.9 Å². The largest absolute Gasteiger partial charge is 0.402 e. The maximum absolute atomic E-state index is 11.5. The minimum atomic E-state index is -3.72. The van der Waals surface area contributed by atoms with Crippen LogP contribution in [0.2, 0.25) is 0 Å². The van der Waals surface area contributed by atoms with Crippen LogP contribution >= 0.6 is 0 Å². The molecule has 1 aromatic heterocycles. The smallest absolute Gasteiger partial charge is 0.275 e. The van der Waals surface area contributed by atoms with Crippen LogP contribution in [-0.4, -0.2) is 31.5 Å². The topological polar surface area (TPSA) is 51.5 Å². The molecule has 6 heteroatoms. The predicted octanol–water partition coefficient (Wildman–Crippen LogP) is 0.876. The van der Waals surface area contributed by atoms with Crippen LogP contribution in [0.1, 0.15) is 0 Å². The Hall–Kier alpha value is -1.53. The number of hydrogen-bond acceptors (Lipinski definition) is 3. The van der Waals surface area contributed by atoms with E-state index in [1.54, 1.807) is 18.3 Å². The fourth-order valence-corrected chi connectivity index (χ4v) is 1.76. The van der Waals surface area contributed by atoms with Crippen LogP contribution in [-0.2, 0) is 10.3 Å². The van der Waals surface area contributed by atoms with E-state index >= 15 is 0 Å². The van der Waals surface area contributed by atoms with Crippen molar-refractivity contribution >= 4 is 21.2 Å². The summed E-state index contributed by atoms with van der Waals surface area (Å²) in [5, 5.41) is 0.927. The van der Waals surface area contributed by atoms with Gasteiger partial charge in [0.2, 0.25) is 0 Å². The molecule has 0 spiro atoms. The fraction of sp³-hybridized carbons (Fsp3) is 0.200. The molecule has 1 aromatic carbocycles. The van der Waals surface area contributed by atoms with E-state index in [4.69, 9.17) is 4.28 Å². The molecule has 0 unspecified atom stereocenters. The van der Waals surface area contributed by atoms with Crippen LogP contribution in [0.5, 0.6) is 0 Å². The molecular weight excluding hydrogens is 228 g/mol. The highest BCUT2D eigenvalue weighted by molar-refractivity contribution is 7.84. The van der Waals surface area contributed by atoms with E-state index in [0.717, 1.165) is 9.69 Å². The summed E-state index contributed by atoms with van der Waals surface area (Å²) >= 11 is 0. The van der Waals surface area contributed by atoms with E-state index < -0.39 is 10.3 Å². The quantitative estimate of drug-likeness (QED) is 0.800. The molecular formula is C10H12N2O3S. The molecule has 5 nitrogen and oxygen atoms in total. The SMILES string of the molecule is CN(C)S(=O)(=O)On1ccc2ccccc21. The summed E-state index contributed by atoms with van der Waals surface area (Å²) in [6.45, 7) is 0. The molecule has 0 aliphatic heterocycles. The van der Waals surface area contributed by atoms with E-state index in [0.29, 0.717) is 5.52 Å². The predicted molar refractivity (Wildman–Crippen MR) is 61.1 cm³/mol. The molecule has 16 heavy (non-hydrogen) atoms. The number of fused-ring (bicyclic) bond motifs is 1. The second-order valence-corrected chi connectivity index (χ2v) is 5.25. The molecule has 2 aromatic rings. The minimum Gasteiger partial charge on any atom is -0.275 e. The van der Waals surface area contributed by atoms with Gasteiger partial charge in [-0.3, -0.25) is 4.28 Å². The second kappa shape index (κ2) is 3.80. The maximum atomic E-state index is 11.5. The van der Waals surface area contributed by atoms with Gasteiger partial charge in [0.25, 0.3) is 0 Å². The Labute approximate surface area is 94.1 Å². The molecule has 0 fully saturated rings. The lowest BCUT2D eigenvalue weighted by Gasteiger charge is -2.12. The Bertz CT molecular complexity index is 601. The summed E-state index contributed by atoms with van der Waals surface area (Å²) in [5.74, 6) is 0.